The SMILES string of the molecule is Cc1ccc(C(=O)CC(N)C(=O)O)c(N)c1. The van der Waals surface area contributed by atoms with Crippen molar-refractivity contribution >= 4 is 17.4 Å². The predicted molar refractivity (Wildman–Crippen MR) is 60.2 cm³/mol. The third-order valence-corrected chi connectivity index (χ3v) is 2.23. The molecule has 0 saturated carbocycles. The summed E-state index contributed by atoms with van der Waals surface area (Å²) in [6.07, 6.45) is -0.247. The Morgan fingerprint density at radius 3 is 2.56 bits per heavy atom. The van der Waals surface area contributed by atoms with Gasteiger partial charge in [0.1, 0.15) is 6.04 Å². The molecule has 0 aliphatic heterocycles. The van der Waals surface area contributed by atoms with Gasteiger partial charge in [-0.05, 0) is 24.6 Å². The predicted octanol–water partition coefficient (Wildman–Crippen LogP) is 0.562. The molecule has 0 saturated heterocycles. The molecule has 86 valence electrons. The number of carbonyl (C=O) groups is 2. The highest BCUT2D eigenvalue weighted by Gasteiger charge is 2.18. The topological polar surface area (TPSA) is 106 Å². The Labute approximate surface area is 93.1 Å². The van der Waals surface area contributed by atoms with Crippen molar-refractivity contribution in [1.82, 2.24) is 0 Å². The zero-order valence-corrected chi connectivity index (χ0v) is 8.93. The molecule has 5 heteroatoms. The highest BCUT2D eigenvalue weighted by molar-refractivity contribution is 6.02. The maximum atomic E-state index is 11.7. The number of nitrogen functional groups attached to an aromatic ring is 1. The number of hydrogen-bond acceptors (Lipinski definition) is 4. The first kappa shape index (κ1) is 12.2. The molecular weight excluding hydrogens is 208 g/mol. The lowest BCUT2D eigenvalue weighted by Gasteiger charge is -2.08. The van der Waals surface area contributed by atoms with E-state index in [-0.39, 0.29) is 12.2 Å². The average Bonchev–Trinajstić information content (AvgIpc) is 2.16. The van der Waals surface area contributed by atoms with E-state index in [0.717, 1.165) is 5.56 Å². The Morgan fingerprint density at radius 1 is 1.44 bits per heavy atom. The van der Waals surface area contributed by atoms with Gasteiger partial charge in [0, 0.05) is 17.7 Å². The van der Waals surface area contributed by atoms with Crippen molar-refractivity contribution in [1.29, 1.82) is 0 Å². The largest absolute Gasteiger partial charge is 0.480 e. The van der Waals surface area contributed by atoms with Crippen LogP contribution < -0.4 is 11.5 Å². The van der Waals surface area contributed by atoms with Crippen molar-refractivity contribution in [2.75, 3.05) is 5.73 Å². The van der Waals surface area contributed by atoms with E-state index in [4.69, 9.17) is 16.6 Å². The molecule has 1 rings (SSSR count). The molecule has 0 aliphatic carbocycles. The van der Waals surface area contributed by atoms with Gasteiger partial charge in [0.2, 0.25) is 0 Å². The molecule has 1 aromatic carbocycles. The van der Waals surface area contributed by atoms with E-state index >= 15 is 0 Å². The summed E-state index contributed by atoms with van der Waals surface area (Å²) >= 11 is 0. The molecule has 5 nitrogen and oxygen atoms in total. The standard InChI is InChI=1S/C11H14N2O3/c1-6-2-3-7(8(12)4-6)10(14)5-9(13)11(15)16/h2-4,9H,5,12-13H2,1H3,(H,15,16). The number of carboxylic acids is 1. The number of nitrogens with two attached hydrogens (primary N) is 2. The minimum Gasteiger partial charge on any atom is -0.480 e. The van der Waals surface area contributed by atoms with Crippen LogP contribution >= 0.6 is 0 Å². The van der Waals surface area contributed by atoms with Crippen LogP contribution in [0.15, 0.2) is 18.2 Å². The second-order valence-electron chi connectivity index (χ2n) is 3.66. The van der Waals surface area contributed by atoms with Crippen LogP contribution in [0.3, 0.4) is 0 Å². The molecule has 0 radical (unpaired) electrons. The lowest BCUT2D eigenvalue weighted by molar-refractivity contribution is -0.138. The van der Waals surface area contributed by atoms with Gasteiger partial charge in [-0.2, -0.15) is 0 Å². The van der Waals surface area contributed by atoms with Gasteiger partial charge in [-0.3, -0.25) is 9.59 Å². The van der Waals surface area contributed by atoms with Crippen LogP contribution in [0.2, 0.25) is 0 Å². The summed E-state index contributed by atoms with van der Waals surface area (Å²) in [7, 11) is 0. The van der Waals surface area contributed by atoms with Crippen molar-refractivity contribution in [3.63, 3.8) is 0 Å². The summed E-state index contributed by atoms with van der Waals surface area (Å²) in [6.45, 7) is 1.85. The molecule has 1 unspecified atom stereocenters. The Kier molecular flexibility index (Phi) is 3.63. The fourth-order valence-corrected chi connectivity index (χ4v) is 1.33. The van der Waals surface area contributed by atoms with Crippen molar-refractivity contribution in [3.8, 4) is 0 Å². The number of anilines is 1. The van der Waals surface area contributed by atoms with Crippen LogP contribution in [-0.4, -0.2) is 22.9 Å². The molecule has 0 amide bonds. The molecule has 0 bridgehead atoms. The summed E-state index contributed by atoms with van der Waals surface area (Å²) < 4.78 is 0. The van der Waals surface area contributed by atoms with E-state index in [1.54, 1.807) is 18.2 Å². The number of Topliss-reactive ketones (excluding diaryl/α,β-unsaturated/α-hetero) is 1. The number of ketones is 1. The van der Waals surface area contributed by atoms with E-state index < -0.39 is 12.0 Å². The molecule has 1 atom stereocenters. The summed E-state index contributed by atoms with van der Waals surface area (Å²) in [5.74, 6) is -1.55. The fourth-order valence-electron chi connectivity index (χ4n) is 1.33. The fraction of sp³-hybridized carbons (Fsp3) is 0.273. The summed E-state index contributed by atoms with van der Waals surface area (Å²) in [5, 5.41) is 8.58. The number of hydrogen-bond donors (Lipinski definition) is 3. The van der Waals surface area contributed by atoms with Gasteiger partial charge in [0.25, 0.3) is 0 Å². The van der Waals surface area contributed by atoms with Crippen LogP contribution in [0, 0.1) is 6.92 Å². The normalized spacial score (nSPS) is 12.1. The Morgan fingerprint density at radius 2 is 2.06 bits per heavy atom. The van der Waals surface area contributed by atoms with Crippen molar-refractivity contribution < 1.29 is 14.7 Å². The number of carboxylic acid groups (broad SMARTS) is 1. The van der Waals surface area contributed by atoms with E-state index in [0.29, 0.717) is 11.3 Å². The molecular formula is C11H14N2O3. The van der Waals surface area contributed by atoms with E-state index in [2.05, 4.69) is 0 Å². The molecule has 16 heavy (non-hydrogen) atoms. The van der Waals surface area contributed by atoms with E-state index in [1.165, 1.54) is 0 Å². The van der Waals surface area contributed by atoms with Crippen molar-refractivity contribution in [2.45, 2.75) is 19.4 Å². The third kappa shape index (κ3) is 2.80. The first-order chi connectivity index (χ1) is 7.41. The Balaban J connectivity index is 2.85. The van der Waals surface area contributed by atoms with E-state index in [1.807, 2.05) is 6.92 Å². The monoisotopic (exact) mass is 222 g/mol. The second kappa shape index (κ2) is 4.76. The molecule has 0 aliphatic rings. The van der Waals surface area contributed by atoms with Gasteiger partial charge in [-0.25, -0.2) is 0 Å². The number of benzene rings is 1. The Bertz CT molecular complexity index is 429. The molecule has 1 aromatic rings. The molecule has 0 heterocycles. The van der Waals surface area contributed by atoms with Gasteiger partial charge < -0.3 is 16.6 Å². The first-order valence-electron chi connectivity index (χ1n) is 4.79. The van der Waals surface area contributed by atoms with Crippen molar-refractivity contribution in [2.24, 2.45) is 5.73 Å². The second-order valence-corrected chi connectivity index (χ2v) is 3.66. The van der Waals surface area contributed by atoms with Crippen LogP contribution in [0.5, 0.6) is 0 Å². The van der Waals surface area contributed by atoms with Gasteiger partial charge in [-0.15, -0.1) is 0 Å². The summed E-state index contributed by atoms with van der Waals surface area (Å²) in [5.41, 5.74) is 12.6. The van der Waals surface area contributed by atoms with Gasteiger partial charge >= 0.3 is 5.97 Å². The smallest absolute Gasteiger partial charge is 0.320 e. The van der Waals surface area contributed by atoms with Gasteiger partial charge in [0.05, 0.1) is 0 Å². The maximum absolute atomic E-state index is 11.7. The third-order valence-electron chi connectivity index (χ3n) is 2.23. The van der Waals surface area contributed by atoms with Crippen LogP contribution in [0.4, 0.5) is 5.69 Å². The highest BCUT2D eigenvalue weighted by Crippen LogP contribution is 2.16. The number of rotatable bonds is 4. The molecule has 0 fully saturated rings. The minimum atomic E-state index is -1.20. The lowest BCUT2D eigenvalue weighted by Crippen LogP contribution is -2.32. The first-order valence-corrected chi connectivity index (χ1v) is 4.79. The van der Waals surface area contributed by atoms with Crippen LogP contribution in [0.1, 0.15) is 22.3 Å². The quantitative estimate of drug-likeness (QED) is 0.509. The lowest BCUT2D eigenvalue weighted by atomic mass is 10.0. The van der Waals surface area contributed by atoms with Crippen molar-refractivity contribution in [3.05, 3.63) is 29.3 Å². The number of aliphatic carboxylic acids is 1. The molecule has 0 spiro atoms. The Hall–Kier alpha value is -1.88. The van der Waals surface area contributed by atoms with Gasteiger partial charge in [-0.1, -0.05) is 6.07 Å². The van der Waals surface area contributed by atoms with Crippen LogP contribution in [-0.2, 0) is 4.79 Å². The summed E-state index contributed by atoms with van der Waals surface area (Å²) in [4.78, 5) is 22.2. The zero-order valence-electron chi connectivity index (χ0n) is 8.93. The van der Waals surface area contributed by atoms with E-state index in [9.17, 15) is 9.59 Å². The molecule has 0 aromatic heterocycles. The highest BCUT2D eigenvalue weighted by atomic mass is 16.4. The molecule has 5 N–H and O–H groups in total. The summed E-state index contributed by atoms with van der Waals surface area (Å²) in [6, 6.07) is 3.81. The minimum absolute atomic E-state index is 0.247. The zero-order chi connectivity index (χ0) is 12.3. The van der Waals surface area contributed by atoms with Crippen LogP contribution in [0.25, 0.3) is 0 Å². The maximum Gasteiger partial charge on any atom is 0.320 e. The van der Waals surface area contributed by atoms with Gasteiger partial charge in [0.15, 0.2) is 5.78 Å². The average molecular weight is 222 g/mol. The number of carbonyl (C=O) groups excluding carboxylic acids is 1. The number of aryl methyl sites for hydroxylation is 1.